The summed E-state index contributed by atoms with van der Waals surface area (Å²) in [7, 11) is 0. The van der Waals surface area contributed by atoms with E-state index in [2.05, 4.69) is 61.8 Å². The maximum absolute atomic E-state index is 11.2. The number of hydrogen-bond donors (Lipinski definition) is 4. The van der Waals surface area contributed by atoms with Crippen molar-refractivity contribution < 1.29 is 14.3 Å². The molecule has 0 atom stereocenters. The van der Waals surface area contributed by atoms with Crippen LogP contribution >= 0.6 is 66.1 Å². The summed E-state index contributed by atoms with van der Waals surface area (Å²) in [5, 5.41) is 25.9. The van der Waals surface area contributed by atoms with E-state index in [1.807, 2.05) is 71.1 Å². The van der Waals surface area contributed by atoms with Gasteiger partial charge in [-0.15, -0.1) is 0 Å². The molecule has 0 unspecified atom stereocenters. The van der Waals surface area contributed by atoms with Gasteiger partial charge in [-0.2, -0.15) is 15.8 Å². The number of nitrogens with one attached hydrogen (secondary N) is 3. The van der Waals surface area contributed by atoms with Crippen LogP contribution < -0.4 is 31.5 Å². The third-order valence-electron chi connectivity index (χ3n) is 7.33. The number of carbonyl (C=O) groups is 1. The molecule has 5 N–H and O–H groups in total. The van der Waals surface area contributed by atoms with Gasteiger partial charge in [0, 0.05) is 114 Å². The van der Waals surface area contributed by atoms with Crippen molar-refractivity contribution in [2.75, 3.05) is 0 Å². The second-order valence-corrected chi connectivity index (χ2v) is 15.3. The maximum Gasteiger partial charge on any atom is 0.254 e. The highest BCUT2D eigenvalue weighted by atomic mass is 127. The highest BCUT2D eigenvalue weighted by Crippen LogP contribution is 2.26. The Hall–Kier alpha value is -7.74. The molecule has 1 amide bonds. The molecule has 0 aliphatic heterocycles. The Morgan fingerprint density at radius 1 is 0.591 bits per heavy atom. The number of rotatable bonds is 5. The van der Waals surface area contributed by atoms with Crippen molar-refractivity contribution in [2.45, 2.75) is 0 Å². The predicted octanol–water partition coefficient (Wildman–Crippen LogP) is 9.45. The Morgan fingerprint density at radius 3 is 1.48 bits per heavy atom. The van der Waals surface area contributed by atoms with Crippen LogP contribution in [0.4, 0.5) is 0 Å². The van der Waals surface area contributed by atoms with E-state index < -0.39 is 5.91 Å². The first-order valence-corrected chi connectivity index (χ1v) is 21.4. The van der Waals surface area contributed by atoms with Gasteiger partial charge in [-0.1, -0.05) is 43.5 Å². The average molecular weight is 1140 g/mol. The molecule has 0 saturated heterocycles. The molecule has 20 heteroatoms. The summed E-state index contributed by atoms with van der Waals surface area (Å²) in [5.41, 5.74) is 6.35. The fraction of sp³-hybridized carbons (Fsp3) is 0. The van der Waals surface area contributed by atoms with Gasteiger partial charge in [0.1, 0.15) is 57.9 Å². The monoisotopic (exact) mass is 1140 g/mol. The number of primary amides is 1. The van der Waals surface area contributed by atoms with E-state index in [0.29, 0.717) is 39.1 Å². The molecule has 0 bridgehead atoms. The van der Waals surface area contributed by atoms with Crippen LogP contribution in [-0.2, 0) is 0 Å². The van der Waals surface area contributed by atoms with Crippen molar-refractivity contribution in [3.63, 3.8) is 0 Å². The van der Waals surface area contributed by atoms with Gasteiger partial charge in [-0.05, 0) is 83.3 Å². The van der Waals surface area contributed by atoms with Crippen molar-refractivity contribution in [1.82, 2.24) is 29.9 Å². The molecule has 8 rings (SSSR count). The fourth-order valence-electron chi connectivity index (χ4n) is 4.20. The van der Waals surface area contributed by atoms with Crippen LogP contribution in [0.15, 0.2) is 189 Å². The fourth-order valence-corrected chi connectivity index (χ4v) is 5.24. The van der Waals surface area contributed by atoms with E-state index >= 15 is 0 Å². The van der Waals surface area contributed by atoms with E-state index in [4.69, 9.17) is 42.6 Å². The number of H-pyrrole nitrogens is 3. The van der Waals surface area contributed by atoms with Crippen LogP contribution in [0.3, 0.4) is 0 Å². The smallest absolute Gasteiger partial charge is 0.254 e. The summed E-state index contributed by atoms with van der Waals surface area (Å²) >= 11 is 14.2. The number of hydrogen-bond acceptors (Lipinski definition) is 12. The zero-order chi connectivity index (χ0) is 48.1. The van der Waals surface area contributed by atoms with E-state index in [-0.39, 0.29) is 27.4 Å². The normalized spacial score (nSPS) is 9.17. The van der Waals surface area contributed by atoms with Gasteiger partial charge in [0.25, 0.3) is 5.91 Å². The number of aromatic amines is 3. The molecule has 6 aromatic heterocycles. The predicted molar refractivity (Wildman–Crippen MR) is 263 cm³/mol. The molecule has 0 saturated carbocycles. The number of carbonyl (C=O) groups excluding carboxylic acids is 1. The van der Waals surface area contributed by atoms with Crippen LogP contribution in [0.1, 0.15) is 27.0 Å². The van der Waals surface area contributed by atoms with Gasteiger partial charge in [0.15, 0.2) is 16.3 Å². The Morgan fingerprint density at radius 2 is 1.06 bits per heavy atom. The summed E-state index contributed by atoms with van der Waals surface area (Å²) < 4.78 is 13.8. The Labute approximate surface area is 411 Å². The van der Waals surface area contributed by atoms with Crippen LogP contribution in [0.25, 0.3) is 0 Å². The highest BCUT2D eigenvalue weighted by molar-refractivity contribution is 14.1. The van der Waals surface area contributed by atoms with Gasteiger partial charge in [0.05, 0.1) is 14.2 Å². The third kappa shape index (κ3) is 19.8. The number of amides is 1. The van der Waals surface area contributed by atoms with Gasteiger partial charge < -0.3 is 30.2 Å². The first-order valence-electron chi connectivity index (χ1n) is 18.3. The number of nitriles is 3. The SMILES string of the molecule is N#Cc1c[nH]ccc1=O.N#Cc1cnccc1Cl.N#Cc1cnccc1Oc1ccc(Br)cc1.NC(=O)c1cnccc1Oc1ccc(Br)cc1.O=c1cc[nH]cc1.O=c1cc[nH]cc1I. The van der Waals surface area contributed by atoms with Crippen molar-refractivity contribution in [3.8, 4) is 41.2 Å². The second kappa shape index (κ2) is 29.6. The van der Waals surface area contributed by atoms with Gasteiger partial charge in [-0.25, -0.2) is 0 Å². The summed E-state index contributed by atoms with van der Waals surface area (Å²) in [4.78, 5) is 62.2. The topological polar surface area (TPSA) is 270 Å². The van der Waals surface area contributed by atoms with E-state index in [9.17, 15) is 19.2 Å². The summed E-state index contributed by atoms with van der Waals surface area (Å²) in [6.07, 6.45) is 18.3. The van der Waals surface area contributed by atoms with Crippen LogP contribution in [0.5, 0.6) is 23.0 Å². The second-order valence-electron chi connectivity index (χ2n) is 11.9. The number of nitrogens with zero attached hydrogens (tertiary/aromatic N) is 6. The minimum absolute atomic E-state index is 0.0405. The molecule has 0 radical (unpaired) electrons. The Kier molecular flexibility index (Phi) is 23.6. The minimum Gasteiger partial charge on any atom is -0.456 e. The van der Waals surface area contributed by atoms with E-state index in [1.165, 1.54) is 55.2 Å². The molecule has 330 valence electrons. The van der Waals surface area contributed by atoms with Crippen molar-refractivity contribution >= 4 is 72.0 Å². The largest absolute Gasteiger partial charge is 0.456 e. The zero-order valence-electron chi connectivity index (χ0n) is 33.8. The summed E-state index contributed by atoms with van der Waals surface area (Å²) in [5.74, 6) is 1.66. The quantitative estimate of drug-likeness (QED) is 0.117. The van der Waals surface area contributed by atoms with Crippen LogP contribution in [0.2, 0.25) is 5.02 Å². The molecule has 0 fully saturated rings. The molecule has 66 heavy (non-hydrogen) atoms. The van der Waals surface area contributed by atoms with Gasteiger partial charge in [-0.3, -0.25) is 34.1 Å². The Balaban J connectivity index is 0.000000218. The lowest BCUT2D eigenvalue weighted by Gasteiger charge is -2.08. The third-order valence-corrected chi connectivity index (χ3v) is 9.56. The number of aromatic nitrogens is 6. The average Bonchev–Trinajstić information content (AvgIpc) is 3.33. The standard InChI is InChI=1S/C12H9BrN2O2.C12H7BrN2O.C6H3ClN2.C6H4N2O.C5H4INO.C5H5NO/c13-8-1-3-9(4-2-8)17-11-5-6-15-7-10(11)12(14)16;13-10-1-3-11(4-2-10)16-12-5-6-15-8-9(12)7-14;7-6-1-2-9-4-5(6)3-8;7-3-5-4-8-2-1-6(5)9;6-4-3-7-2-1-5(4)8;7-5-1-3-6-4-2-5/h1-7H,(H2,14,16);1-6,8H;1-2,4H;1-2,4H,(H,8,9);1-3H,(H,7,8);1-4H,(H,6,7). The molecule has 16 nitrogen and oxygen atoms in total. The zero-order valence-corrected chi connectivity index (χ0v) is 39.9. The number of halogens is 4. The maximum atomic E-state index is 11.2. The summed E-state index contributed by atoms with van der Waals surface area (Å²) in [6.45, 7) is 0. The number of pyridine rings is 6. The molecule has 0 aliphatic carbocycles. The van der Waals surface area contributed by atoms with Crippen molar-refractivity contribution in [2.24, 2.45) is 5.73 Å². The lowest BCUT2D eigenvalue weighted by molar-refractivity contribution is 0.0997. The number of nitrogens with two attached hydrogens (primary N) is 1. The van der Waals surface area contributed by atoms with Gasteiger partial charge >= 0.3 is 0 Å². The van der Waals surface area contributed by atoms with Crippen molar-refractivity contribution in [3.05, 3.63) is 236 Å². The van der Waals surface area contributed by atoms with E-state index in [1.54, 1.807) is 79.8 Å². The molecule has 8 aromatic rings. The lowest BCUT2D eigenvalue weighted by atomic mass is 10.2. The number of ether oxygens (including phenoxy) is 2. The molecule has 6 heterocycles. The molecular weight excluding hydrogens is 1110 g/mol. The first-order chi connectivity index (χ1) is 31.8. The minimum atomic E-state index is -0.565. The van der Waals surface area contributed by atoms with Crippen LogP contribution in [0, 0.1) is 37.6 Å². The molecular formula is C46H32Br2ClIN10O6. The lowest BCUT2D eigenvalue weighted by Crippen LogP contribution is -2.12. The number of benzene rings is 2. The summed E-state index contributed by atoms with van der Waals surface area (Å²) in [6, 6.07) is 31.0. The van der Waals surface area contributed by atoms with Crippen LogP contribution in [-0.4, -0.2) is 35.8 Å². The van der Waals surface area contributed by atoms with E-state index in [0.717, 1.165) is 12.5 Å². The highest BCUT2D eigenvalue weighted by Gasteiger charge is 2.10. The first kappa shape index (κ1) is 52.6. The van der Waals surface area contributed by atoms with Gasteiger partial charge in [0.2, 0.25) is 0 Å². The molecule has 0 spiro atoms. The molecule has 2 aromatic carbocycles. The van der Waals surface area contributed by atoms with Crippen molar-refractivity contribution in [1.29, 1.82) is 15.8 Å². The Bertz CT molecular complexity index is 3080. The molecule has 0 aliphatic rings.